The molecule has 7 heteroatoms. The molecule has 0 fully saturated rings. The number of fused-ring (bicyclic) bond motifs is 1. The van der Waals surface area contributed by atoms with Crippen LogP contribution < -0.4 is 16.2 Å². The first kappa shape index (κ1) is 14.9. The van der Waals surface area contributed by atoms with Gasteiger partial charge in [0, 0.05) is 42.9 Å². The molecule has 2 aromatic rings. The van der Waals surface area contributed by atoms with Gasteiger partial charge in [-0.3, -0.25) is 4.79 Å². The molecule has 3 rings (SSSR count). The van der Waals surface area contributed by atoms with Crippen molar-refractivity contribution in [1.82, 2.24) is 15.0 Å². The molecule has 0 aromatic carbocycles. The molecule has 0 atom stereocenters. The number of nitrogens with one attached hydrogen (secondary N) is 3. The number of pyridine rings is 1. The van der Waals surface area contributed by atoms with Gasteiger partial charge < -0.3 is 15.6 Å². The highest BCUT2D eigenvalue weighted by Gasteiger charge is 2.17. The highest BCUT2D eigenvalue weighted by molar-refractivity contribution is 7.98. The summed E-state index contributed by atoms with van der Waals surface area (Å²) in [6.07, 6.45) is 4.54. The molecule has 0 spiro atoms. The van der Waals surface area contributed by atoms with Crippen LogP contribution in [0.4, 0.5) is 11.5 Å². The van der Waals surface area contributed by atoms with Crippen molar-refractivity contribution >= 4 is 23.3 Å². The summed E-state index contributed by atoms with van der Waals surface area (Å²) in [7, 11) is 3.74. The monoisotopic (exact) mass is 317 g/mol. The number of rotatable bonds is 5. The maximum atomic E-state index is 12.0. The maximum absolute atomic E-state index is 12.0. The standard InChI is InChI=1S/C15H19N5OS/c1-16-11-6-7-18-13(17-2)10(11)8-22-15-19-12-5-3-4-9(12)14(21)20-15/h6-7H,3-5,8H2,1-2H3,(H2,16,17,18)(H,19,20,21). The van der Waals surface area contributed by atoms with Crippen LogP contribution in [0.1, 0.15) is 23.2 Å². The van der Waals surface area contributed by atoms with E-state index in [4.69, 9.17) is 0 Å². The predicted molar refractivity (Wildman–Crippen MR) is 89.8 cm³/mol. The van der Waals surface area contributed by atoms with Gasteiger partial charge in [-0.05, 0) is 25.3 Å². The van der Waals surface area contributed by atoms with E-state index in [-0.39, 0.29) is 5.56 Å². The fourth-order valence-electron chi connectivity index (χ4n) is 2.72. The van der Waals surface area contributed by atoms with Gasteiger partial charge in [0.2, 0.25) is 0 Å². The number of H-pyrrole nitrogens is 1. The van der Waals surface area contributed by atoms with Gasteiger partial charge in [-0.15, -0.1) is 0 Å². The molecule has 1 aliphatic carbocycles. The molecule has 0 saturated heterocycles. The molecule has 0 unspecified atom stereocenters. The highest BCUT2D eigenvalue weighted by atomic mass is 32.2. The number of aromatic amines is 1. The van der Waals surface area contributed by atoms with Crippen molar-refractivity contribution < 1.29 is 0 Å². The largest absolute Gasteiger partial charge is 0.388 e. The van der Waals surface area contributed by atoms with Crippen molar-refractivity contribution in [3.05, 3.63) is 39.4 Å². The van der Waals surface area contributed by atoms with Crippen LogP contribution in [0.2, 0.25) is 0 Å². The van der Waals surface area contributed by atoms with E-state index in [0.717, 1.165) is 47.6 Å². The van der Waals surface area contributed by atoms with Gasteiger partial charge in [0.15, 0.2) is 5.16 Å². The topological polar surface area (TPSA) is 82.7 Å². The Hall–Kier alpha value is -2.02. The zero-order valence-corrected chi connectivity index (χ0v) is 13.5. The van der Waals surface area contributed by atoms with E-state index in [1.165, 1.54) is 11.8 Å². The summed E-state index contributed by atoms with van der Waals surface area (Å²) in [4.78, 5) is 23.9. The third-order valence-corrected chi connectivity index (χ3v) is 4.73. The molecule has 0 radical (unpaired) electrons. The predicted octanol–water partition coefficient (Wildman–Crippen LogP) is 2.03. The van der Waals surface area contributed by atoms with Gasteiger partial charge in [-0.2, -0.15) is 0 Å². The van der Waals surface area contributed by atoms with E-state index in [2.05, 4.69) is 25.6 Å². The van der Waals surface area contributed by atoms with Crippen LogP contribution in [0, 0.1) is 0 Å². The van der Waals surface area contributed by atoms with Gasteiger partial charge in [-0.25, -0.2) is 9.97 Å². The lowest BCUT2D eigenvalue weighted by Gasteiger charge is -2.13. The molecule has 0 amide bonds. The Labute approximate surface area is 133 Å². The number of hydrogen-bond donors (Lipinski definition) is 3. The van der Waals surface area contributed by atoms with Crippen LogP contribution in [0.5, 0.6) is 0 Å². The molecule has 0 aliphatic heterocycles. The molecular weight excluding hydrogens is 298 g/mol. The second kappa shape index (κ2) is 6.39. The van der Waals surface area contributed by atoms with E-state index in [9.17, 15) is 4.79 Å². The normalized spacial score (nSPS) is 13.0. The van der Waals surface area contributed by atoms with Crippen LogP contribution in [0.15, 0.2) is 22.2 Å². The zero-order valence-electron chi connectivity index (χ0n) is 12.7. The van der Waals surface area contributed by atoms with Crippen molar-refractivity contribution in [1.29, 1.82) is 0 Å². The molecule has 1 aliphatic rings. The summed E-state index contributed by atoms with van der Waals surface area (Å²) < 4.78 is 0. The summed E-state index contributed by atoms with van der Waals surface area (Å²) in [5.41, 5.74) is 3.92. The fraction of sp³-hybridized carbons (Fsp3) is 0.400. The summed E-state index contributed by atoms with van der Waals surface area (Å²) in [5, 5.41) is 6.96. The lowest BCUT2D eigenvalue weighted by Crippen LogP contribution is -2.15. The van der Waals surface area contributed by atoms with Crippen LogP contribution in [-0.4, -0.2) is 29.0 Å². The van der Waals surface area contributed by atoms with Crippen LogP contribution in [0.3, 0.4) is 0 Å². The first-order valence-corrected chi connectivity index (χ1v) is 8.29. The highest BCUT2D eigenvalue weighted by Crippen LogP contribution is 2.29. The minimum Gasteiger partial charge on any atom is -0.388 e. The molecule has 0 saturated carbocycles. The van der Waals surface area contributed by atoms with Gasteiger partial charge in [-0.1, -0.05) is 11.8 Å². The lowest BCUT2D eigenvalue weighted by atomic mass is 10.2. The Morgan fingerprint density at radius 1 is 1.32 bits per heavy atom. The molecular formula is C15H19N5OS. The lowest BCUT2D eigenvalue weighted by molar-refractivity contribution is 0.869. The van der Waals surface area contributed by atoms with Crippen LogP contribution in [-0.2, 0) is 18.6 Å². The minimum absolute atomic E-state index is 0.0128. The summed E-state index contributed by atoms with van der Waals surface area (Å²) in [5.74, 6) is 1.52. The fourth-order valence-corrected chi connectivity index (χ4v) is 3.63. The summed E-state index contributed by atoms with van der Waals surface area (Å²) in [6.45, 7) is 0. The molecule has 2 heterocycles. The SMILES string of the molecule is CNc1ccnc(NC)c1CSc1nc2c(c(=O)[nH]1)CCC2. The Bertz CT molecular complexity index is 721. The smallest absolute Gasteiger partial charge is 0.254 e. The minimum atomic E-state index is 0.0128. The zero-order chi connectivity index (χ0) is 15.5. The van der Waals surface area contributed by atoms with Crippen LogP contribution >= 0.6 is 11.8 Å². The summed E-state index contributed by atoms with van der Waals surface area (Å²) >= 11 is 1.53. The Morgan fingerprint density at radius 3 is 2.95 bits per heavy atom. The van der Waals surface area contributed by atoms with Crippen molar-refractivity contribution in [2.24, 2.45) is 0 Å². The van der Waals surface area contributed by atoms with Gasteiger partial charge in [0.1, 0.15) is 5.82 Å². The van der Waals surface area contributed by atoms with Crippen molar-refractivity contribution in [2.75, 3.05) is 24.7 Å². The molecule has 6 nitrogen and oxygen atoms in total. The number of aryl methyl sites for hydroxylation is 1. The Kier molecular flexibility index (Phi) is 4.33. The van der Waals surface area contributed by atoms with Crippen LogP contribution in [0.25, 0.3) is 0 Å². The number of aromatic nitrogens is 3. The number of nitrogens with zero attached hydrogens (tertiary/aromatic N) is 2. The molecule has 116 valence electrons. The van der Waals surface area contributed by atoms with E-state index >= 15 is 0 Å². The number of thioether (sulfide) groups is 1. The third-order valence-electron chi connectivity index (χ3n) is 3.83. The molecule has 3 N–H and O–H groups in total. The Balaban J connectivity index is 1.84. The average Bonchev–Trinajstić information content (AvgIpc) is 3.01. The quantitative estimate of drug-likeness (QED) is 0.578. The number of anilines is 2. The average molecular weight is 317 g/mol. The molecule has 22 heavy (non-hydrogen) atoms. The number of hydrogen-bond acceptors (Lipinski definition) is 6. The third kappa shape index (κ3) is 2.81. The van der Waals surface area contributed by atoms with Crippen molar-refractivity contribution in [2.45, 2.75) is 30.2 Å². The van der Waals surface area contributed by atoms with Gasteiger partial charge >= 0.3 is 0 Å². The summed E-state index contributed by atoms with van der Waals surface area (Å²) in [6, 6.07) is 1.94. The van der Waals surface area contributed by atoms with E-state index < -0.39 is 0 Å². The van der Waals surface area contributed by atoms with E-state index in [0.29, 0.717) is 10.9 Å². The Morgan fingerprint density at radius 2 is 2.18 bits per heavy atom. The van der Waals surface area contributed by atoms with Crippen molar-refractivity contribution in [3.8, 4) is 0 Å². The maximum Gasteiger partial charge on any atom is 0.254 e. The van der Waals surface area contributed by atoms with Crippen molar-refractivity contribution in [3.63, 3.8) is 0 Å². The van der Waals surface area contributed by atoms with E-state index in [1.54, 1.807) is 6.20 Å². The molecule has 2 aromatic heterocycles. The second-order valence-electron chi connectivity index (χ2n) is 5.12. The molecule has 0 bridgehead atoms. The second-order valence-corrected chi connectivity index (χ2v) is 6.09. The first-order chi connectivity index (χ1) is 10.7. The van der Waals surface area contributed by atoms with E-state index in [1.807, 2.05) is 20.2 Å². The van der Waals surface area contributed by atoms with Gasteiger partial charge in [0.25, 0.3) is 5.56 Å². The van der Waals surface area contributed by atoms with Gasteiger partial charge in [0.05, 0.1) is 5.69 Å². The first-order valence-electron chi connectivity index (χ1n) is 7.31.